The van der Waals surface area contributed by atoms with E-state index in [1.165, 1.54) is 43.3 Å². The highest BCUT2D eigenvalue weighted by Gasteiger charge is 2.21. The summed E-state index contributed by atoms with van der Waals surface area (Å²) in [5, 5.41) is 0.292. The fourth-order valence-corrected chi connectivity index (χ4v) is 4.61. The van der Waals surface area contributed by atoms with Gasteiger partial charge in [0.05, 0.1) is 32.3 Å². The molecule has 2 aromatic carbocycles. The van der Waals surface area contributed by atoms with Crippen LogP contribution in [0, 0.1) is 5.92 Å². The molecule has 0 unspecified atom stereocenters. The standard InChI is InChI=1S/C22H25Cl3O6S/c1-4-14(2)12-29-21-7-5-17(9-19(21)24)32(27,28)18-6-8-22(20(25)10-18)30-13-16(11-23)31-15(3)26/h5-10,14,16H,4,11-13H2,1-3H3/t14-,16-/m0/s1. The summed E-state index contributed by atoms with van der Waals surface area (Å²) in [6.07, 6.45) is 0.303. The van der Waals surface area contributed by atoms with E-state index in [9.17, 15) is 13.2 Å². The molecule has 2 rings (SSSR count). The number of esters is 1. The molecule has 176 valence electrons. The molecule has 0 aromatic heterocycles. The van der Waals surface area contributed by atoms with Gasteiger partial charge in [-0.1, -0.05) is 43.5 Å². The Morgan fingerprint density at radius 1 is 0.969 bits per heavy atom. The molecular formula is C22H25Cl3O6S. The lowest BCUT2D eigenvalue weighted by molar-refractivity contribution is -0.146. The highest BCUT2D eigenvalue weighted by Crippen LogP contribution is 2.33. The van der Waals surface area contributed by atoms with Crippen molar-refractivity contribution >= 4 is 50.6 Å². The maximum Gasteiger partial charge on any atom is 0.303 e. The summed E-state index contributed by atoms with van der Waals surface area (Å²) in [4.78, 5) is 11.1. The first kappa shape index (κ1) is 26.6. The van der Waals surface area contributed by atoms with Crippen LogP contribution in [0.4, 0.5) is 0 Å². The van der Waals surface area contributed by atoms with Crippen LogP contribution in [0.15, 0.2) is 46.2 Å². The van der Waals surface area contributed by atoms with Crippen LogP contribution in [0.5, 0.6) is 11.5 Å². The average molecular weight is 524 g/mol. The predicted octanol–water partition coefficient (Wildman–Crippen LogP) is 5.80. The summed E-state index contributed by atoms with van der Waals surface area (Å²) < 4.78 is 42.3. The molecule has 0 saturated heterocycles. The quantitative estimate of drug-likeness (QED) is 0.273. The second kappa shape index (κ2) is 12.0. The van der Waals surface area contributed by atoms with Crippen LogP contribution >= 0.6 is 34.8 Å². The number of carbonyl (C=O) groups is 1. The molecule has 0 spiro atoms. The van der Waals surface area contributed by atoms with Crippen LogP contribution in [0.25, 0.3) is 0 Å². The van der Waals surface area contributed by atoms with E-state index in [1.807, 2.05) is 0 Å². The van der Waals surface area contributed by atoms with Crippen molar-refractivity contribution in [2.45, 2.75) is 43.1 Å². The predicted molar refractivity (Wildman–Crippen MR) is 125 cm³/mol. The van der Waals surface area contributed by atoms with Crippen molar-refractivity contribution in [3.63, 3.8) is 0 Å². The maximum atomic E-state index is 13.0. The first-order valence-electron chi connectivity index (χ1n) is 9.91. The van der Waals surface area contributed by atoms with Gasteiger partial charge in [0.1, 0.15) is 24.2 Å². The minimum atomic E-state index is -3.88. The third-order valence-corrected chi connectivity index (χ3v) is 7.26. The van der Waals surface area contributed by atoms with Gasteiger partial charge in [-0.25, -0.2) is 8.42 Å². The van der Waals surface area contributed by atoms with Gasteiger partial charge in [-0.2, -0.15) is 0 Å². The highest BCUT2D eigenvalue weighted by molar-refractivity contribution is 7.91. The first-order valence-corrected chi connectivity index (χ1v) is 12.7. The maximum absolute atomic E-state index is 13.0. The zero-order valence-electron chi connectivity index (χ0n) is 17.9. The van der Waals surface area contributed by atoms with Crippen molar-refractivity contribution in [3.05, 3.63) is 46.4 Å². The Balaban J connectivity index is 2.17. The number of halogens is 3. The Morgan fingerprint density at radius 2 is 1.47 bits per heavy atom. The van der Waals surface area contributed by atoms with Crippen molar-refractivity contribution in [2.24, 2.45) is 5.92 Å². The Morgan fingerprint density at radius 3 is 1.88 bits per heavy atom. The van der Waals surface area contributed by atoms with Gasteiger partial charge >= 0.3 is 5.97 Å². The monoisotopic (exact) mass is 522 g/mol. The van der Waals surface area contributed by atoms with E-state index in [4.69, 9.17) is 49.0 Å². The first-order chi connectivity index (χ1) is 15.1. The van der Waals surface area contributed by atoms with E-state index in [0.29, 0.717) is 18.3 Å². The van der Waals surface area contributed by atoms with E-state index in [2.05, 4.69) is 13.8 Å². The van der Waals surface area contributed by atoms with Gasteiger partial charge in [-0.15, -0.1) is 11.6 Å². The molecule has 0 aliphatic heterocycles. The smallest absolute Gasteiger partial charge is 0.303 e. The van der Waals surface area contributed by atoms with Crippen LogP contribution < -0.4 is 9.47 Å². The Bertz CT molecular complexity index is 1040. The molecule has 2 aromatic rings. The van der Waals surface area contributed by atoms with Gasteiger partial charge in [0.25, 0.3) is 0 Å². The van der Waals surface area contributed by atoms with E-state index >= 15 is 0 Å². The van der Waals surface area contributed by atoms with Gasteiger partial charge in [-0.3, -0.25) is 4.79 Å². The largest absolute Gasteiger partial charge is 0.492 e. The Labute approximate surface area is 203 Å². The van der Waals surface area contributed by atoms with Crippen LogP contribution in [0.3, 0.4) is 0 Å². The highest BCUT2D eigenvalue weighted by atomic mass is 35.5. The third-order valence-electron chi connectivity index (χ3n) is 4.58. The van der Waals surface area contributed by atoms with Gasteiger partial charge in [0.15, 0.2) is 0 Å². The van der Waals surface area contributed by atoms with Crippen LogP contribution in [-0.2, 0) is 19.4 Å². The lowest BCUT2D eigenvalue weighted by atomic mass is 10.1. The van der Waals surface area contributed by atoms with E-state index < -0.39 is 21.9 Å². The lowest BCUT2D eigenvalue weighted by Crippen LogP contribution is -2.25. The molecule has 32 heavy (non-hydrogen) atoms. The van der Waals surface area contributed by atoms with Crippen molar-refractivity contribution in [1.82, 2.24) is 0 Å². The molecule has 0 aliphatic carbocycles. The number of sulfone groups is 1. The minimum Gasteiger partial charge on any atom is -0.492 e. The number of alkyl halides is 1. The van der Waals surface area contributed by atoms with Crippen molar-refractivity contribution in [3.8, 4) is 11.5 Å². The number of carbonyl (C=O) groups excluding carboxylic acids is 1. The summed E-state index contributed by atoms with van der Waals surface area (Å²) >= 11 is 18.2. The molecule has 0 N–H and O–H groups in total. The molecular weight excluding hydrogens is 499 g/mol. The zero-order valence-corrected chi connectivity index (χ0v) is 21.0. The summed E-state index contributed by atoms with van der Waals surface area (Å²) in [5.41, 5.74) is 0. The van der Waals surface area contributed by atoms with Crippen molar-refractivity contribution in [2.75, 3.05) is 19.1 Å². The minimum absolute atomic E-state index is 0.0141. The van der Waals surface area contributed by atoms with Crippen LogP contribution in [0.2, 0.25) is 10.0 Å². The Kier molecular flexibility index (Phi) is 9.95. The second-order valence-electron chi connectivity index (χ2n) is 7.21. The molecule has 0 saturated carbocycles. The number of hydrogen-bond acceptors (Lipinski definition) is 6. The molecule has 0 heterocycles. The van der Waals surface area contributed by atoms with Gasteiger partial charge in [0.2, 0.25) is 9.84 Å². The lowest BCUT2D eigenvalue weighted by Gasteiger charge is -2.16. The van der Waals surface area contributed by atoms with Crippen molar-refractivity contribution in [1.29, 1.82) is 0 Å². The summed E-state index contributed by atoms with van der Waals surface area (Å²) in [6, 6.07) is 8.42. The molecule has 0 bridgehead atoms. The summed E-state index contributed by atoms with van der Waals surface area (Å²) in [7, 11) is -3.88. The molecule has 2 atom stereocenters. The fraction of sp³-hybridized carbons (Fsp3) is 0.409. The normalized spacial score (nSPS) is 13.3. The van der Waals surface area contributed by atoms with Gasteiger partial charge < -0.3 is 14.2 Å². The molecule has 0 aliphatic rings. The number of ether oxygens (including phenoxy) is 3. The number of hydrogen-bond donors (Lipinski definition) is 0. The van der Waals surface area contributed by atoms with Gasteiger partial charge in [-0.05, 0) is 42.3 Å². The van der Waals surface area contributed by atoms with E-state index in [1.54, 1.807) is 0 Å². The second-order valence-corrected chi connectivity index (χ2v) is 10.3. The van der Waals surface area contributed by atoms with Crippen molar-refractivity contribution < 1.29 is 27.4 Å². The SMILES string of the molecule is CC[C@H](C)COc1ccc(S(=O)(=O)c2ccc(OC[C@H](CCl)OC(C)=O)c(Cl)c2)cc1Cl. The van der Waals surface area contributed by atoms with E-state index in [-0.39, 0.29) is 38.1 Å². The summed E-state index contributed by atoms with van der Waals surface area (Å²) in [6.45, 7) is 5.84. The zero-order chi connectivity index (χ0) is 23.9. The van der Waals surface area contributed by atoms with Crippen LogP contribution in [-0.4, -0.2) is 39.6 Å². The Hall–Kier alpha value is -1.67. The topological polar surface area (TPSA) is 78.9 Å². The molecule has 10 heteroatoms. The molecule has 6 nitrogen and oxygen atoms in total. The number of benzene rings is 2. The summed E-state index contributed by atoms with van der Waals surface area (Å²) in [5.74, 6) is 0.573. The molecule has 0 radical (unpaired) electrons. The molecule has 0 fully saturated rings. The third kappa shape index (κ3) is 7.17. The number of rotatable bonds is 11. The van der Waals surface area contributed by atoms with Crippen LogP contribution in [0.1, 0.15) is 27.2 Å². The molecule has 0 amide bonds. The van der Waals surface area contributed by atoms with E-state index in [0.717, 1.165) is 6.42 Å². The average Bonchev–Trinajstić information content (AvgIpc) is 2.75. The van der Waals surface area contributed by atoms with Gasteiger partial charge in [0, 0.05) is 6.92 Å². The fourth-order valence-electron chi connectivity index (χ4n) is 2.55.